The van der Waals surface area contributed by atoms with E-state index in [0.717, 1.165) is 70.6 Å². The third kappa shape index (κ3) is 5.40. The van der Waals surface area contributed by atoms with Gasteiger partial charge < -0.3 is 14.0 Å². The average Bonchev–Trinajstić information content (AvgIpc) is 3.73. The van der Waals surface area contributed by atoms with E-state index in [2.05, 4.69) is 53.7 Å². The maximum atomic E-state index is 12.5. The van der Waals surface area contributed by atoms with Crippen molar-refractivity contribution in [1.82, 2.24) is 10.1 Å². The molecule has 2 saturated carbocycles. The Balaban J connectivity index is 1.17. The Bertz CT molecular complexity index is 1460. The van der Waals surface area contributed by atoms with Gasteiger partial charge in [-0.15, -0.1) is 0 Å². The van der Waals surface area contributed by atoms with Crippen molar-refractivity contribution >= 4 is 5.97 Å². The van der Waals surface area contributed by atoms with Gasteiger partial charge in [-0.25, -0.2) is 4.98 Å². The summed E-state index contributed by atoms with van der Waals surface area (Å²) in [5.74, 6) is 1.36. The first-order valence-corrected chi connectivity index (χ1v) is 14.5. The SMILES string of the molecule is CCOC(=O)C1(c2ccc(-c3ccc(-c4onc(C)c4Cc4cccc(OC5CCCCC5)n4)cc3)cc2)CC1. The minimum atomic E-state index is -0.449. The number of carbonyl (C=O) groups is 1. The van der Waals surface area contributed by atoms with Gasteiger partial charge in [0.15, 0.2) is 5.76 Å². The lowest BCUT2D eigenvalue weighted by molar-refractivity contribution is -0.146. The second-order valence-corrected chi connectivity index (χ2v) is 11.1. The molecule has 2 aliphatic carbocycles. The van der Waals surface area contributed by atoms with E-state index in [1.54, 1.807) is 0 Å². The summed E-state index contributed by atoms with van der Waals surface area (Å²) in [5, 5.41) is 4.28. The first kappa shape index (κ1) is 26.3. The molecule has 4 aromatic rings. The zero-order valence-electron chi connectivity index (χ0n) is 23.3. The average molecular weight is 537 g/mol. The van der Waals surface area contributed by atoms with Gasteiger partial charge in [0.05, 0.1) is 17.7 Å². The molecule has 6 heteroatoms. The number of nitrogens with zero attached hydrogens (tertiary/aromatic N) is 2. The Morgan fingerprint density at radius 1 is 0.925 bits per heavy atom. The topological polar surface area (TPSA) is 74.5 Å². The van der Waals surface area contributed by atoms with Gasteiger partial charge in [-0.1, -0.05) is 66.2 Å². The second kappa shape index (κ2) is 11.3. The van der Waals surface area contributed by atoms with Gasteiger partial charge in [0.1, 0.15) is 6.10 Å². The van der Waals surface area contributed by atoms with Gasteiger partial charge in [0, 0.05) is 29.3 Å². The van der Waals surface area contributed by atoms with Crippen molar-refractivity contribution in [2.75, 3.05) is 6.61 Å². The summed E-state index contributed by atoms with van der Waals surface area (Å²) in [6.45, 7) is 4.24. The molecule has 0 radical (unpaired) electrons. The number of ether oxygens (including phenoxy) is 2. The van der Waals surface area contributed by atoms with Crippen LogP contribution in [-0.2, 0) is 21.4 Å². The first-order valence-electron chi connectivity index (χ1n) is 14.5. The van der Waals surface area contributed by atoms with Crippen molar-refractivity contribution in [2.45, 2.75) is 76.7 Å². The largest absolute Gasteiger partial charge is 0.474 e. The molecule has 206 valence electrons. The number of aromatic nitrogens is 2. The van der Waals surface area contributed by atoms with Crippen LogP contribution in [0.1, 0.15) is 74.4 Å². The summed E-state index contributed by atoms with van der Waals surface area (Å²) in [4.78, 5) is 17.3. The molecule has 2 heterocycles. The molecule has 0 aliphatic heterocycles. The molecule has 0 saturated heterocycles. The molecule has 0 spiro atoms. The van der Waals surface area contributed by atoms with Crippen LogP contribution in [0, 0.1) is 6.92 Å². The highest BCUT2D eigenvalue weighted by Crippen LogP contribution is 2.49. The van der Waals surface area contributed by atoms with Crippen LogP contribution in [0.5, 0.6) is 5.88 Å². The van der Waals surface area contributed by atoms with E-state index in [4.69, 9.17) is 19.0 Å². The van der Waals surface area contributed by atoms with Crippen LogP contribution in [0.3, 0.4) is 0 Å². The summed E-state index contributed by atoms with van der Waals surface area (Å²) in [5.41, 5.74) is 6.61. The van der Waals surface area contributed by atoms with Gasteiger partial charge in [-0.05, 0) is 75.1 Å². The molecule has 0 unspecified atom stereocenters. The molecule has 0 bridgehead atoms. The number of hydrogen-bond donors (Lipinski definition) is 0. The maximum absolute atomic E-state index is 12.5. The quantitative estimate of drug-likeness (QED) is 0.205. The van der Waals surface area contributed by atoms with E-state index in [1.807, 2.05) is 32.0 Å². The van der Waals surface area contributed by atoms with Crippen molar-refractivity contribution in [1.29, 1.82) is 0 Å². The van der Waals surface area contributed by atoms with E-state index in [1.165, 1.54) is 19.3 Å². The van der Waals surface area contributed by atoms with Crippen molar-refractivity contribution in [3.63, 3.8) is 0 Å². The number of aryl methyl sites for hydroxylation is 1. The molecule has 2 aromatic heterocycles. The smallest absolute Gasteiger partial charge is 0.316 e. The highest BCUT2D eigenvalue weighted by Gasteiger charge is 2.52. The van der Waals surface area contributed by atoms with Gasteiger partial charge in [0.2, 0.25) is 5.88 Å². The van der Waals surface area contributed by atoms with Crippen LogP contribution in [0.15, 0.2) is 71.3 Å². The minimum Gasteiger partial charge on any atom is -0.474 e. The Labute approximate surface area is 235 Å². The van der Waals surface area contributed by atoms with E-state index in [9.17, 15) is 4.79 Å². The highest BCUT2D eigenvalue weighted by molar-refractivity contribution is 5.87. The molecule has 2 aliphatic rings. The fraction of sp³-hybridized carbons (Fsp3) is 0.382. The summed E-state index contributed by atoms with van der Waals surface area (Å²) in [7, 11) is 0. The van der Waals surface area contributed by atoms with Gasteiger partial charge >= 0.3 is 5.97 Å². The Hall–Kier alpha value is -3.93. The fourth-order valence-corrected chi connectivity index (χ4v) is 5.78. The Morgan fingerprint density at radius 3 is 2.27 bits per heavy atom. The molecule has 0 atom stereocenters. The van der Waals surface area contributed by atoms with Crippen molar-refractivity contribution in [2.24, 2.45) is 0 Å². The number of rotatable bonds is 9. The second-order valence-electron chi connectivity index (χ2n) is 11.1. The molecule has 2 fully saturated rings. The van der Waals surface area contributed by atoms with E-state index >= 15 is 0 Å². The zero-order valence-corrected chi connectivity index (χ0v) is 23.3. The van der Waals surface area contributed by atoms with Crippen LogP contribution in [0.25, 0.3) is 22.5 Å². The van der Waals surface area contributed by atoms with Crippen LogP contribution in [0.4, 0.5) is 0 Å². The minimum absolute atomic E-state index is 0.107. The monoisotopic (exact) mass is 536 g/mol. The van der Waals surface area contributed by atoms with Crippen molar-refractivity contribution in [3.8, 4) is 28.3 Å². The van der Waals surface area contributed by atoms with Crippen molar-refractivity contribution in [3.05, 3.63) is 89.2 Å². The summed E-state index contributed by atoms with van der Waals surface area (Å²) in [6.07, 6.45) is 8.57. The number of hydrogen-bond acceptors (Lipinski definition) is 6. The van der Waals surface area contributed by atoms with Crippen LogP contribution < -0.4 is 4.74 Å². The number of pyridine rings is 1. The van der Waals surface area contributed by atoms with Gasteiger partial charge in [-0.2, -0.15) is 0 Å². The number of benzene rings is 2. The summed E-state index contributed by atoms with van der Waals surface area (Å²) < 4.78 is 17.3. The lowest BCUT2D eigenvalue weighted by Gasteiger charge is -2.22. The number of esters is 1. The molecule has 2 aromatic carbocycles. The lowest BCUT2D eigenvalue weighted by atomic mass is 9.93. The summed E-state index contributed by atoms with van der Waals surface area (Å²) in [6, 6.07) is 22.6. The third-order valence-corrected chi connectivity index (χ3v) is 8.30. The van der Waals surface area contributed by atoms with Crippen LogP contribution >= 0.6 is 0 Å². The first-order chi connectivity index (χ1) is 19.6. The molecule has 0 amide bonds. The third-order valence-electron chi connectivity index (χ3n) is 8.30. The van der Waals surface area contributed by atoms with Gasteiger partial charge in [-0.3, -0.25) is 4.79 Å². The molecule has 6 nitrogen and oxygen atoms in total. The molecule has 0 N–H and O–H groups in total. The molecular weight excluding hydrogens is 500 g/mol. The number of carbonyl (C=O) groups excluding carboxylic acids is 1. The van der Waals surface area contributed by atoms with Crippen molar-refractivity contribution < 1.29 is 18.8 Å². The van der Waals surface area contributed by atoms with Crippen LogP contribution in [-0.4, -0.2) is 28.8 Å². The normalized spacial score (nSPS) is 16.4. The Morgan fingerprint density at radius 2 is 1.60 bits per heavy atom. The van der Waals surface area contributed by atoms with Gasteiger partial charge in [0.25, 0.3) is 0 Å². The van der Waals surface area contributed by atoms with Crippen LogP contribution in [0.2, 0.25) is 0 Å². The van der Waals surface area contributed by atoms with E-state index in [0.29, 0.717) is 18.9 Å². The molecular formula is C34H36N2O4. The predicted octanol–water partition coefficient (Wildman–Crippen LogP) is 7.61. The lowest BCUT2D eigenvalue weighted by Crippen LogP contribution is -2.23. The standard InChI is InChI=1S/C34H36N2O4/c1-3-38-33(37)34(20-21-34)27-18-16-25(17-19-27)24-12-14-26(15-13-24)32-30(23(2)36-40-32)22-28-8-7-11-31(35-28)39-29-9-5-4-6-10-29/h7-8,11-19,29H,3-6,9-10,20-22H2,1-2H3. The fourth-order valence-electron chi connectivity index (χ4n) is 5.78. The Kier molecular flexibility index (Phi) is 7.42. The molecule has 6 rings (SSSR count). The summed E-state index contributed by atoms with van der Waals surface area (Å²) >= 11 is 0. The maximum Gasteiger partial charge on any atom is 0.316 e. The highest BCUT2D eigenvalue weighted by atomic mass is 16.5. The zero-order chi connectivity index (χ0) is 27.5. The van der Waals surface area contributed by atoms with E-state index in [-0.39, 0.29) is 12.1 Å². The predicted molar refractivity (Wildman–Crippen MR) is 154 cm³/mol. The van der Waals surface area contributed by atoms with E-state index < -0.39 is 5.41 Å². The molecule has 40 heavy (non-hydrogen) atoms.